The van der Waals surface area contributed by atoms with Crippen molar-refractivity contribution in [3.8, 4) is 0 Å². The van der Waals surface area contributed by atoms with Crippen LogP contribution in [0.1, 0.15) is 13.8 Å². The molecule has 0 aliphatic heterocycles. The Labute approximate surface area is 60.4 Å². The molecular weight excluding hydrogens is 167 g/mol. The number of rotatable bonds is 0. The molecular formula is C6H7F5. The van der Waals surface area contributed by atoms with Gasteiger partial charge in [-0.2, -0.15) is 17.6 Å². The second-order valence-corrected chi connectivity index (χ2v) is 2.99. The molecule has 66 valence electrons. The lowest BCUT2D eigenvalue weighted by molar-refractivity contribution is -0.387. The van der Waals surface area contributed by atoms with E-state index in [1.165, 1.54) is 0 Å². The van der Waals surface area contributed by atoms with E-state index in [1.807, 2.05) is 0 Å². The molecule has 1 rings (SSSR count). The summed E-state index contributed by atoms with van der Waals surface area (Å²) in [4.78, 5) is 0. The molecule has 0 aromatic heterocycles. The fourth-order valence-electron chi connectivity index (χ4n) is 1.13. The molecule has 0 N–H and O–H groups in total. The number of hydrogen-bond donors (Lipinski definition) is 0. The molecule has 2 unspecified atom stereocenters. The topological polar surface area (TPSA) is 0 Å². The van der Waals surface area contributed by atoms with Crippen LogP contribution in [0, 0.1) is 5.92 Å². The van der Waals surface area contributed by atoms with Gasteiger partial charge in [-0.15, -0.1) is 0 Å². The van der Waals surface area contributed by atoms with Gasteiger partial charge in [-0.1, -0.05) is 6.92 Å². The number of hydrogen-bond acceptors (Lipinski definition) is 0. The Morgan fingerprint density at radius 1 is 1.00 bits per heavy atom. The van der Waals surface area contributed by atoms with E-state index in [4.69, 9.17) is 0 Å². The van der Waals surface area contributed by atoms with E-state index in [1.54, 1.807) is 0 Å². The minimum Gasteiger partial charge on any atom is -0.237 e. The maximum Gasteiger partial charge on any atom is 0.343 e. The average Bonchev–Trinajstić information content (AvgIpc) is 1.84. The average molecular weight is 174 g/mol. The third kappa shape index (κ3) is 0.642. The molecule has 1 fully saturated rings. The van der Waals surface area contributed by atoms with Gasteiger partial charge in [0.05, 0.1) is 5.92 Å². The van der Waals surface area contributed by atoms with Crippen molar-refractivity contribution in [2.75, 3.05) is 0 Å². The van der Waals surface area contributed by atoms with E-state index in [9.17, 15) is 22.0 Å². The van der Waals surface area contributed by atoms with Gasteiger partial charge in [-0.05, 0) is 6.92 Å². The molecule has 0 heterocycles. The van der Waals surface area contributed by atoms with Crippen molar-refractivity contribution in [1.29, 1.82) is 0 Å². The summed E-state index contributed by atoms with van der Waals surface area (Å²) in [6.45, 7) is 1.27. The van der Waals surface area contributed by atoms with Crippen LogP contribution in [0.25, 0.3) is 0 Å². The van der Waals surface area contributed by atoms with Gasteiger partial charge in [-0.3, -0.25) is 0 Å². The number of halogens is 5. The van der Waals surface area contributed by atoms with Gasteiger partial charge < -0.3 is 0 Å². The van der Waals surface area contributed by atoms with Crippen LogP contribution in [0.15, 0.2) is 0 Å². The summed E-state index contributed by atoms with van der Waals surface area (Å²) < 4.78 is 61.5. The third-order valence-corrected chi connectivity index (χ3v) is 2.39. The Bertz CT molecular complexity index is 165. The Hall–Kier alpha value is -0.350. The molecule has 5 heteroatoms. The third-order valence-electron chi connectivity index (χ3n) is 2.39. The minimum atomic E-state index is -4.51. The van der Waals surface area contributed by atoms with Crippen molar-refractivity contribution in [3.63, 3.8) is 0 Å². The number of alkyl halides is 5. The summed E-state index contributed by atoms with van der Waals surface area (Å²) in [5.74, 6) is -10.6. The molecule has 0 amide bonds. The molecule has 1 aliphatic carbocycles. The largest absolute Gasteiger partial charge is 0.343 e. The van der Waals surface area contributed by atoms with Crippen molar-refractivity contribution in [2.45, 2.75) is 31.4 Å². The van der Waals surface area contributed by atoms with E-state index >= 15 is 0 Å². The lowest BCUT2D eigenvalue weighted by atomic mass is 9.66. The zero-order chi connectivity index (χ0) is 9.08. The standard InChI is InChI=1S/C6H7F5/c1-3-4(2,7)6(10,11)5(3,8)9/h3H,1-2H3. The molecule has 0 aromatic rings. The van der Waals surface area contributed by atoms with Gasteiger partial charge in [0.1, 0.15) is 0 Å². The first-order valence-electron chi connectivity index (χ1n) is 3.10. The Balaban J connectivity index is 2.98. The summed E-state index contributed by atoms with van der Waals surface area (Å²) >= 11 is 0. The highest BCUT2D eigenvalue weighted by Gasteiger charge is 2.84. The van der Waals surface area contributed by atoms with Crippen LogP contribution in [0.4, 0.5) is 22.0 Å². The zero-order valence-corrected chi connectivity index (χ0v) is 5.97. The van der Waals surface area contributed by atoms with Gasteiger partial charge in [0.25, 0.3) is 0 Å². The smallest absolute Gasteiger partial charge is 0.237 e. The van der Waals surface area contributed by atoms with Gasteiger partial charge in [0.2, 0.25) is 0 Å². The summed E-state index contributed by atoms with van der Waals surface area (Å²) in [7, 11) is 0. The fraction of sp³-hybridized carbons (Fsp3) is 1.00. The molecule has 0 aromatic carbocycles. The molecule has 1 saturated carbocycles. The molecule has 0 saturated heterocycles. The van der Waals surface area contributed by atoms with E-state index in [0.29, 0.717) is 6.92 Å². The van der Waals surface area contributed by atoms with Crippen LogP contribution < -0.4 is 0 Å². The van der Waals surface area contributed by atoms with E-state index in [-0.39, 0.29) is 0 Å². The van der Waals surface area contributed by atoms with Crippen LogP contribution in [-0.4, -0.2) is 17.5 Å². The van der Waals surface area contributed by atoms with Crippen molar-refractivity contribution < 1.29 is 22.0 Å². The van der Waals surface area contributed by atoms with E-state index in [0.717, 1.165) is 6.92 Å². The Morgan fingerprint density at radius 3 is 1.45 bits per heavy atom. The fourth-order valence-corrected chi connectivity index (χ4v) is 1.13. The van der Waals surface area contributed by atoms with Crippen LogP contribution in [0.5, 0.6) is 0 Å². The Morgan fingerprint density at radius 2 is 1.36 bits per heavy atom. The molecule has 0 spiro atoms. The van der Waals surface area contributed by atoms with Crippen LogP contribution >= 0.6 is 0 Å². The first-order valence-corrected chi connectivity index (χ1v) is 3.10. The lowest BCUT2D eigenvalue weighted by Crippen LogP contribution is -2.74. The van der Waals surface area contributed by atoms with Crippen molar-refractivity contribution >= 4 is 0 Å². The molecule has 0 radical (unpaired) electrons. The van der Waals surface area contributed by atoms with Crippen LogP contribution in [0.2, 0.25) is 0 Å². The van der Waals surface area contributed by atoms with Crippen molar-refractivity contribution in [1.82, 2.24) is 0 Å². The lowest BCUT2D eigenvalue weighted by Gasteiger charge is -2.52. The predicted molar refractivity (Wildman–Crippen MR) is 28.6 cm³/mol. The first-order chi connectivity index (χ1) is 4.65. The van der Waals surface area contributed by atoms with Crippen molar-refractivity contribution in [2.24, 2.45) is 5.92 Å². The van der Waals surface area contributed by atoms with E-state index < -0.39 is 23.4 Å². The summed E-state index contributed by atoms with van der Waals surface area (Å²) in [6, 6.07) is 0. The maximum atomic E-state index is 12.6. The summed E-state index contributed by atoms with van der Waals surface area (Å²) in [6.07, 6.45) is 0. The molecule has 0 nitrogen and oxygen atoms in total. The van der Waals surface area contributed by atoms with Gasteiger partial charge >= 0.3 is 11.8 Å². The molecule has 0 bridgehead atoms. The monoisotopic (exact) mass is 174 g/mol. The van der Waals surface area contributed by atoms with E-state index in [2.05, 4.69) is 0 Å². The quantitative estimate of drug-likeness (QED) is 0.495. The second-order valence-electron chi connectivity index (χ2n) is 2.99. The minimum absolute atomic E-state index is 0.495. The molecule has 2 atom stereocenters. The summed E-state index contributed by atoms with van der Waals surface area (Å²) in [5.41, 5.74) is -3.07. The highest BCUT2D eigenvalue weighted by atomic mass is 19.3. The van der Waals surface area contributed by atoms with Gasteiger partial charge in [0.15, 0.2) is 5.67 Å². The maximum absolute atomic E-state index is 12.6. The SMILES string of the molecule is CC1C(C)(F)C(F)(F)C1(F)F. The van der Waals surface area contributed by atoms with Gasteiger partial charge in [0, 0.05) is 0 Å². The molecule has 1 aliphatic rings. The highest BCUT2D eigenvalue weighted by Crippen LogP contribution is 2.63. The zero-order valence-electron chi connectivity index (χ0n) is 5.97. The van der Waals surface area contributed by atoms with Gasteiger partial charge in [-0.25, -0.2) is 4.39 Å². The Kier molecular flexibility index (Phi) is 1.35. The van der Waals surface area contributed by atoms with Crippen LogP contribution in [-0.2, 0) is 0 Å². The normalized spacial score (nSPS) is 46.6. The van der Waals surface area contributed by atoms with Crippen LogP contribution in [0.3, 0.4) is 0 Å². The molecule has 11 heavy (non-hydrogen) atoms. The predicted octanol–water partition coefficient (Wildman–Crippen LogP) is 2.63. The highest BCUT2D eigenvalue weighted by molar-refractivity contribution is 5.17. The second kappa shape index (κ2) is 1.69. The summed E-state index contributed by atoms with van der Waals surface area (Å²) in [5, 5.41) is 0. The first kappa shape index (κ1) is 8.74. The van der Waals surface area contributed by atoms with Crippen molar-refractivity contribution in [3.05, 3.63) is 0 Å².